The highest BCUT2D eigenvalue weighted by Crippen LogP contribution is 2.24. The second kappa shape index (κ2) is 3.96. The number of nitrogens with zero attached hydrogens (tertiary/aromatic N) is 2. The van der Waals surface area contributed by atoms with Crippen LogP contribution in [0, 0.1) is 5.92 Å². The summed E-state index contributed by atoms with van der Waals surface area (Å²) >= 11 is 0. The van der Waals surface area contributed by atoms with Crippen LogP contribution in [0.3, 0.4) is 0 Å². The van der Waals surface area contributed by atoms with E-state index in [4.69, 9.17) is 0 Å². The molecule has 2 rings (SSSR count). The molecule has 0 amide bonds. The Bertz CT molecular complexity index is 395. The highest BCUT2D eigenvalue weighted by atomic mass is 16.1. The maximum atomic E-state index is 12.0. The molecule has 0 aromatic carbocycles. The SMILES string of the molecule is Cn1cc(C(=O)C2CCCC(=O)C2)cn1. The van der Waals surface area contributed by atoms with E-state index < -0.39 is 0 Å². The highest BCUT2D eigenvalue weighted by Gasteiger charge is 2.26. The fourth-order valence-corrected chi connectivity index (χ4v) is 2.03. The van der Waals surface area contributed by atoms with Crippen LogP contribution in [0.1, 0.15) is 36.0 Å². The Hall–Kier alpha value is -1.45. The molecule has 0 spiro atoms. The molecule has 1 unspecified atom stereocenters. The number of aryl methyl sites for hydroxylation is 1. The third kappa shape index (κ3) is 2.14. The summed E-state index contributed by atoms with van der Waals surface area (Å²) in [7, 11) is 1.78. The molecule has 80 valence electrons. The smallest absolute Gasteiger partial charge is 0.169 e. The molecule has 0 aliphatic heterocycles. The lowest BCUT2D eigenvalue weighted by Crippen LogP contribution is -2.22. The standard InChI is InChI=1S/C11H14N2O2/c1-13-7-9(6-12-13)11(15)8-3-2-4-10(14)5-8/h6-8H,2-5H2,1H3. The molecular formula is C11H14N2O2. The van der Waals surface area contributed by atoms with Gasteiger partial charge in [-0.05, 0) is 12.8 Å². The van der Waals surface area contributed by atoms with Crippen LogP contribution in [0.25, 0.3) is 0 Å². The molecule has 1 aromatic heterocycles. The van der Waals surface area contributed by atoms with Gasteiger partial charge in [-0.2, -0.15) is 5.10 Å². The van der Waals surface area contributed by atoms with Gasteiger partial charge in [-0.1, -0.05) is 0 Å². The number of rotatable bonds is 2. The van der Waals surface area contributed by atoms with Gasteiger partial charge in [-0.3, -0.25) is 14.3 Å². The number of carbonyl (C=O) groups excluding carboxylic acids is 2. The topological polar surface area (TPSA) is 52.0 Å². The molecule has 0 N–H and O–H groups in total. The molecule has 0 radical (unpaired) electrons. The Kier molecular flexibility index (Phi) is 2.66. The van der Waals surface area contributed by atoms with Gasteiger partial charge in [-0.25, -0.2) is 0 Å². The van der Waals surface area contributed by atoms with E-state index in [1.165, 1.54) is 0 Å². The van der Waals surface area contributed by atoms with Crippen molar-refractivity contribution < 1.29 is 9.59 Å². The molecule has 1 saturated carbocycles. The molecule has 0 bridgehead atoms. The first-order valence-corrected chi connectivity index (χ1v) is 5.21. The van der Waals surface area contributed by atoms with Crippen LogP contribution in [-0.2, 0) is 11.8 Å². The van der Waals surface area contributed by atoms with Crippen molar-refractivity contribution in [1.29, 1.82) is 0 Å². The van der Waals surface area contributed by atoms with Crippen LogP contribution in [0.5, 0.6) is 0 Å². The van der Waals surface area contributed by atoms with E-state index >= 15 is 0 Å². The maximum absolute atomic E-state index is 12.0. The molecule has 1 aliphatic carbocycles. The lowest BCUT2D eigenvalue weighted by atomic mass is 9.84. The van der Waals surface area contributed by atoms with Crippen molar-refractivity contribution in [2.45, 2.75) is 25.7 Å². The molecule has 1 aliphatic rings. The Morgan fingerprint density at radius 1 is 1.60 bits per heavy atom. The predicted molar refractivity (Wildman–Crippen MR) is 54.5 cm³/mol. The number of aromatic nitrogens is 2. The van der Waals surface area contributed by atoms with E-state index in [0.717, 1.165) is 12.8 Å². The predicted octanol–water partition coefficient (Wildman–Crippen LogP) is 1.36. The van der Waals surface area contributed by atoms with Crippen molar-refractivity contribution in [3.8, 4) is 0 Å². The van der Waals surface area contributed by atoms with E-state index in [0.29, 0.717) is 18.4 Å². The summed E-state index contributed by atoms with van der Waals surface area (Å²) in [6.45, 7) is 0. The third-order valence-electron chi connectivity index (χ3n) is 2.84. The van der Waals surface area contributed by atoms with Crippen LogP contribution < -0.4 is 0 Å². The zero-order valence-electron chi connectivity index (χ0n) is 8.77. The van der Waals surface area contributed by atoms with Crippen molar-refractivity contribution in [2.24, 2.45) is 13.0 Å². The minimum atomic E-state index is -0.115. The van der Waals surface area contributed by atoms with Gasteiger partial charge < -0.3 is 0 Å². The Labute approximate surface area is 88.3 Å². The van der Waals surface area contributed by atoms with Crippen LogP contribution in [0.2, 0.25) is 0 Å². The minimum Gasteiger partial charge on any atom is -0.300 e. The van der Waals surface area contributed by atoms with Crippen LogP contribution in [-0.4, -0.2) is 21.3 Å². The molecule has 15 heavy (non-hydrogen) atoms. The highest BCUT2D eigenvalue weighted by molar-refractivity contribution is 6.00. The molecular weight excluding hydrogens is 192 g/mol. The fourth-order valence-electron chi connectivity index (χ4n) is 2.03. The Morgan fingerprint density at radius 3 is 3.00 bits per heavy atom. The van der Waals surface area contributed by atoms with Crippen LogP contribution in [0.4, 0.5) is 0 Å². The van der Waals surface area contributed by atoms with Crippen molar-refractivity contribution >= 4 is 11.6 Å². The van der Waals surface area contributed by atoms with Crippen LogP contribution in [0.15, 0.2) is 12.4 Å². The normalized spacial score (nSPS) is 21.7. The maximum Gasteiger partial charge on any atom is 0.169 e. The second-order valence-corrected chi connectivity index (χ2v) is 4.10. The number of carbonyl (C=O) groups is 2. The van der Waals surface area contributed by atoms with Crippen molar-refractivity contribution in [2.75, 3.05) is 0 Å². The van der Waals surface area contributed by atoms with Crippen molar-refractivity contribution in [3.05, 3.63) is 18.0 Å². The summed E-state index contributed by atoms with van der Waals surface area (Å²) in [6, 6.07) is 0. The lowest BCUT2D eigenvalue weighted by Gasteiger charge is -2.18. The average molecular weight is 206 g/mol. The summed E-state index contributed by atoms with van der Waals surface area (Å²) in [5.74, 6) is 0.162. The summed E-state index contributed by atoms with van der Waals surface area (Å²) in [4.78, 5) is 23.2. The van der Waals surface area contributed by atoms with Gasteiger partial charge in [0.25, 0.3) is 0 Å². The number of Topliss-reactive ketones (excluding diaryl/α,β-unsaturated/α-hetero) is 2. The van der Waals surface area contributed by atoms with E-state index in [1.54, 1.807) is 24.1 Å². The monoisotopic (exact) mass is 206 g/mol. The average Bonchev–Trinajstić information content (AvgIpc) is 2.64. The summed E-state index contributed by atoms with van der Waals surface area (Å²) < 4.78 is 1.61. The van der Waals surface area contributed by atoms with Gasteiger partial charge in [0.2, 0.25) is 0 Å². The molecule has 1 fully saturated rings. The first kappa shape index (κ1) is 10.1. The van der Waals surface area contributed by atoms with Gasteiger partial charge in [-0.15, -0.1) is 0 Å². The van der Waals surface area contributed by atoms with Crippen LogP contribution >= 0.6 is 0 Å². The van der Waals surface area contributed by atoms with E-state index in [-0.39, 0.29) is 17.5 Å². The zero-order valence-corrected chi connectivity index (χ0v) is 8.77. The largest absolute Gasteiger partial charge is 0.300 e. The quantitative estimate of drug-likeness (QED) is 0.686. The molecule has 1 heterocycles. The van der Waals surface area contributed by atoms with E-state index in [2.05, 4.69) is 5.10 Å². The van der Waals surface area contributed by atoms with Gasteiger partial charge in [0.15, 0.2) is 5.78 Å². The summed E-state index contributed by atoms with van der Waals surface area (Å²) in [5.41, 5.74) is 0.622. The number of hydrogen-bond donors (Lipinski definition) is 0. The summed E-state index contributed by atoms with van der Waals surface area (Å²) in [5, 5.41) is 3.96. The first-order chi connectivity index (χ1) is 7.16. The van der Waals surface area contributed by atoms with E-state index in [9.17, 15) is 9.59 Å². The molecule has 4 heteroatoms. The fraction of sp³-hybridized carbons (Fsp3) is 0.545. The Balaban J connectivity index is 2.10. The number of ketones is 2. The number of hydrogen-bond acceptors (Lipinski definition) is 3. The van der Waals surface area contributed by atoms with Gasteiger partial charge in [0.05, 0.1) is 11.8 Å². The molecule has 1 aromatic rings. The van der Waals surface area contributed by atoms with Crippen molar-refractivity contribution in [3.63, 3.8) is 0 Å². The van der Waals surface area contributed by atoms with Gasteiger partial charge in [0, 0.05) is 32.0 Å². The van der Waals surface area contributed by atoms with E-state index in [1.807, 2.05) is 0 Å². The molecule has 1 atom stereocenters. The van der Waals surface area contributed by atoms with Gasteiger partial charge in [0.1, 0.15) is 5.78 Å². The minimum absolute atomic E-state index is 0.0659. The second-order valence-electron chi connectivity index (χ2n) is 4.10. The Morgan fingerprint density at radius 2 is 2.40 bits per heavy atom. The molecule has 0 saturated heterocycles. The van der Waals surface area contributed by atoms with Crippen molar-refractivity contribution in [1.82, 2.24) is 9.78 Å². The zero-order chi connectivity index (χ0) is 10.8. The first-order valence-electron chi connectivity index (χ1n) is 5.21. The van der Waals surface area contributed by atoms with Gasteiger partial charge >= 0.3 is 0 Å². The summed E-state index contributed by atoms with van der Waals surface area (Å²) in [6.07, 6.45) is 6.00. The molecule has 4 nitrogen and oxygen atoms in total. The third-order valence-corrected chi connectivity index (χ3v) is 2.84. The lowest BCUT2D eigenvalue weighted by molar-refractivity contribution is -0.121.